The Morgan fingerprint density at radius 3 is 2.50 bits per heavy atom. The zero-order chi connectivity index (χ0) is 12.0. The van der Waals surface area contributed by atoms with Crippen molar-refractivity contribution in [2.75, 3.05) is 6.54 Å². The highest BCUT2D eigenvalue weighted by Gasteiger charge is 2.25. The average molecular weight is 221 g/mol. The van der Waals surface area contributed by atoms with Crippen LogP contribution < -0.4 is 5.32 Å². The highest BCUT2D eigenvalue weighted by atomic mass is 16.4. The molecular weight excluding hydrogens is 202 g/mol. The summed E-state index contributed by atoms with van der Waals surface area (Å²) in [5.41, 5.74) is 0.569. The minimum atomic E-state index is -0.742. The first-order valence-electron chi connectivity index (χ1n) is 5.50. The van der Waals surface area contributed by atoms with Crippen molar-refractivity contribution in [1.82, 2.24) is 5.32 Å². The van der Waals surface area contributed by atoms with Gasteiger partial charge in [-0.15, -0.1) is 0 Å². The lowest BCUT2D eigenvalue weighted by atomic mass is 9.90. The van der Waals surface area contributed by atoms with Gasteiger partial charge in [0.2, 0.25) is 0 Å². The predicted molar refractivity (Wildman–Crippen MR) is 64.2 cm³/mol. The van der Waals surface area contributed by atoms with Gasteiger partial charge in [0.25, 0.3) is 0 Å². The Bertz CT molecular complexity index is 333. The van der Waals surface area contributed by atoms with Crippen LogP contribution in [0, 0.1) is 5.41 Å². The fraction of sp³-hybridized carbons (Fsp3) is 0.462. The monoisotopic (exact) mass is 221 g/mol. The summed E-state index contributed by atoms with van der Waals surface area (Å²) in [5, 5.41) is 12.2. The van der Waals surface area contributed by atoms with Gasteiger partial charge in [-0.05, 0) is 32.4 Å². The molecule has 88 valence electrons. The molecule has 0 heterocycles. The summed E-state index contributed by atoms with van der Waals surface area (Å²) in [4.78, 5) is 10.9. The number of hydrogen-bond donors (Lipinski definition) is 2. The summed E-state index contributed by atoms with van der Waals surface area (Å²) >= 11 is 0. The van der Waals surface area contributed by atoms with E-state index < -0.39 is 11.4 Å². The molecule has 0 aromatic heterocycles. The van der Waals surface area contributed by atoms with E-state index in [-0.39, 0.29) is 0 Å². The van der Waals surface area contributed by atoms with Crippen LogP contribution >= 0.6 is 0 Å². The molecule has 1 aromatic carbocycles. The number of rotatable bonds is 6. The zero-order valence-corrected chi connectivity index (χ0v) is 9.86. The molecule has 0 saturated heterocycles. The van der Waals surface area contributed by atoms with E-state index in [1.807, 2.05) is 18.2 Å². The second-order valence-electron chi connectivity index (χ2n) is 4.60. The largest absolute Gasteiger partial charge is 0.481 e. The van der Waals surface area contributed by atoms with Gasteiger partial charge in [0.1, 0.15) is 0 Å². The molecule has 0 radical (unpaired) electrons. The van der Waals surface area contributed by atoms with Gasteiger partial charge in [-0.3, -0.25) is 4.79 Å². The van der Waals surface area contributed by atoms with Gasteiger partial charge in [-0.2, -0.15) is 0 Å². The van der Waals surface area contributed by atoms with Crippen LogP contribution in [0.25, 0.3) is 0 Å². The lowest BCUT2D eigenvalue weighted by molar-refractivity contribution is -0.147. The molecule has 3 heteroatoms. The van der Waals surface area contributed by atoms with Crippen LogP contribution in [0.1, 0.15) is 25.8 Å². The molecule has 0 saturated carbocycles. The third kappa shape index (κ3) is 4.03. The maximum absolute atomic E-state index is 10.9. The molecule has 0 atom stereocenters. The molecule has 0 unspecified atom stereocenters. The van der Waals surface area contributed by atoms with Crippen molar-refractivity contribution >= 4 is 5.97 Å². The molecule has 0 fully saturated rings. The van der Waals surface area contributed by atoms with Gasteiger partial charge in [0, 0.05) is 6.54 Å². The van der Waals surface area contributed by atoms with E-state index in [0.717, 1.165) is 6.54 Å². The lowest BCUT2D eigenvalue weighted by Crippen LogP contribution is -2.28. The Morgan fingerprint density at radius 2 is 1.94 bits per heavy atom. The van der Waals surface area contributed by atoms with Crippen molar-refractivity contribution in [3.8, 4) is 0 Å². The number of nitrogens with one attached hydrogen (secondary N) is 1. The molecule has 0 aliphatic heterocycles. The van der Waals surface area contributed by atoms with Crippen molar-refractivity contribution in [2.45, 2.75) is 26.8 Å². The van der Waals surface area contributed by atoms with E-state index in [1.54, 1.807) is 13.8 Å². The highest BCUT2D eigenvalue weighted by molar-refractivity contribution is 5.73. The van der Waals surface area contributed by atoms with Crippen molar-refractivity contribution in [3.05, 3.63) is 35.9 Å². The molecule has 16 heavy (non-hydrogen) atoms. The average Bonchev–Trinajstić information content (AvgIpc) is 2.26. The van der Waals surface area contributed by atoms with E-state index in [4.69, 9.17) is 5.11 Å². The Morgan fingerprint density at radius 1 is 1.31 bits per heavy atom. The molecule has 0 amide bonds. The molecule has 0 aliphatic carbocycles. The third-order valence-electron chi connectivity index (χ3n) is 2.68. The minimum Gasteiger partial charge on any atom is -0.481 e. The second-order valence-corrected chi connectivity index (χ2v) is 4.60. The topological polar surface area (TPSA) is 49.3 Å². The molecule has 2 N–H and O–H groups in total. The van der Waals surface area contributed by atoms with Crippen LogP contribution in [-0.4, -0.2) is 17.6 Å². The van der Waals surface area contributed by atoms with Gasteiger partial charge in [-0.1, -0.05) is 30.3 Å². The summed E-state index contributed by atoms with van der Waals surface area (Å²) in [6, 6.07) is 10.1. The van der Waals surface area contributed by atoms with Crippen LogP contribution in [0.2, 0.25) is 0 Å². The Balaban J connectivity index is 2.25. The molecule has 3 nitrogen and oxygen atoms in total. The second kappa shape index (κ2) is 5.66. The minimum absolute atomic E-state index is 0.634. The Hall–Kier alpha value is -1.35. The zero-order valence-electron chi connectivity index (χ0n) is 9.86. The quantitative estimate of drug-likeness (QED) is 0.724. The number of hydrogen-bond acceptors (Lipinski definition) is 2. The summed E-state index contributed by atoms with van der Waals surface area (Å²) < 4.78 is 0. The lowest BCUT2D eigenvalue weighted by Gasteiger charge is -2.18. The Labute approximate surface area is 96.5 Å². The number of carboxylic acids is 1. The summed E-state index contributed by atoms with van der Waals surface area (Å²) in [6.45, 7) is 5.00. The Kier molecular flexibility index (Phi) is 4.50. The number of carbonyl (C=O) groups is 1. The van der Waals surface area contributed by atoms with Gasteiger partial charge >= 0.3 is 5.97 Å². The molecule has 1 rings (SSSR count). The summed E-state index contributed by atoms with van der Waals surface area (Å²) in [6.07, 6.45) is 0.634. The molecular formula is C13H19NO2. The van der Waals surface area contributed by atoms with Crippen LogP contribution in [-0.2, 0) is 11.3 Å². The maximum Gasteiger partial charge on any atom is 0.309 e. The fourth-order valence-corrected chi connectivity index (χ4v) is 1.34. The van der Waals surface area contributed by atoms with E-state index in [1.165, 1.54) is 5.56 Å². The first-order chi connectivity index (χ1) is 7.52. The normalized spacial score (nSPS) is 11.4. The third-order valence-corrected chi connectivity index (χ3v) is 2.68. The predicted octanol–water partition coefficient (Wildman–Crippen LogP) is 2.28. The van der Waals surface area contributed by atoms with Crippen LogP contribution in [0.3, 0.4) is 0 Å². The van der Waals surface area contributed by atoms with E-state index >= 15 is 0 Å². The van der Waals surface area contributed by atoms with E-state index in [2.05, 4.69) is 17.4 Å². The molecule has 1 aromatic rings. The smallest absolute Gasteiger partial charge is 0.309 e. The molecule has 0 aliphatic rings. The van der Waals surface area contributed by atoms with Crippen LogP contribution in [0.4, 0.5) is 0 Å². The van der Waals surface area contributed by atoms with Crippen LogP contribution in [0.15, 0.2) is 30.3 Å². The summed E-state index contributed by atoms with van der Waals surface area (Å²) in [7, 11) is 0. The number of benzene rings is 1. The fourth-order valence-electron chi connectivity index (χ4n) is 1.34. The van der Waals surface area contributed by atoms with Gasteiger partial charge < -0.3 is 10.4 Å². The summed E-state index contributed by atoms with van der Waals surface area (Å²) in [5.74, 6) is -0.742. The maximum atomic E-state index is 10.9. The van der Waals surface area contributed by atoms with E-state index in [9.17, 15) is 4.79 Å². The number of aliphatic carboxylic acids is 1. The van der Waals surface area contributed by atoms with Gasteiger partial charge in [0.05, 0.1) is 5.41 Å². The molecule has 0 spiro atoms. The van der Waals surface area contributed by atoms with Gasteiger partial charge in [-0.25, -0.2) is 0 Å². The molecule has 0 bridgehead atoms. The van der Waals surface area contributed by atoms with Crippen molar-refractivity contribution in [2.24, 2.45) is 5.41 Å². The van der Waals surface area contributed by atoms with Crippen LogP contribution in [0.5, 0.6) is 0 Å². The standard InChI is InChI=1S/C13H19NO2/c1-13(2,12(15)16)8-9-14-10-11-6-4-3-5-7-11/h3-7,14H,8-10H2,1-2H3,(H,15,16). The first-order valence-corrected chi connectivity index (χ1v) is 5.50. The number of carboxylic acid groups (broad SMARTS) is 1. The van der Waals surface area contributed by atoms with Gasteiger partial charge in [0.15, 0.2) is 0 Å². The highest BCUT2D eigenvalue weighted by Crippen LogP contribution is 2.19. The first kappa shape index (κ1) is 12.7. The van der Waals surface area contributed by atoms with Crippen molar-refractivity contribution < 1.29 is 9.90 Å². The SMILES string of the molecule is CC(C)(CCNCc1ccccc1)C(=O)O. The van der Waals surface area contributed by atoms with Crippen molar-refractivity contribution in [3.63, 3.8) is 0 Å². The van der Waals surface area contributed by atoms with E-state index in [0.29, 0.717) is 13.0 Å². The van der Waals surface area contributed by atoms with Crippen molar-refractivity contribution in [1.29, 1.82) is 0 Å².